The molecule has 1 heterocycles. The van der Waals surface area contributed by atoms with E-state index in [2.05, 4.69) is 10.6 Å². The SMILES string of the molecule is O=C(Nc1ccc(Cl)cc1)NC1CCCCC1N1C(=O)CSC1=O. The normalized spacial score (nSPS) is 24.1. The first kappa shape index (κ1) is 17.1. The van der Waals surface area contributed by atoms with Crippen LogP contribution in [-0.4, -0.2) is 39.9 Å². The molecule has 128 valence electrons. The summed E-state index contributed by atoms with van der Waals surface area (Å²) in [4.78, 5) is 37.5. The van der Waals surface area contributed by atoms with Crippen molar-refractivity contribution in [3.05, 3.63) is 29.3 Å². The predicted molar refractivity (Wildman–Crippen MR) is 94.4 cm³/mol. The highest BCUT2D eigenvalue weighted by Gasteiger charge is 2.41. The Morgan fingerprint density at radius 3 is 2.54 bits per heavy atom. The van der Waals surface area contributed by atoms with Gasteiger partial charge in [0.2, 0.25) is 5.91 Å². The smallest absolute Gasteiger partial charge is 0.319 e. The van der Waals surface area contributed by atoms with E-state index >= 15 is 0 Å². The molecule has 2 atom stereocenters. The number of rotatable bonds is 3. The number of hydrogen-bond donors (Lipinski definition) is 2. The van der Waals surface area contributed by atoms with Gasteiger partial charge >= 0.3 is 6.03 Å². The van der Waals surface area contributed by atoms with E-state index in [0.29, 0.717) is 10.7 Å². The van der Waals surface area contributed by atoms with Crippen LogP contribution in [0.4, 0.5) is 15.3 Å². The second kappa shape index (κ2) is 7.44. The second-order valence-corrected chi connectivity index (χ2v) is 7.25. The molecule has 4 amide bonds. The van der Waals surface area contributed by atoms with Gasteiger partial charge in [-0.1, -0.05) is 36.2 Å². The quantitative estimate of drug-likeness (QED) is 0.857. The molecule has 6 nitrogen and oxygen atoms in total. The van der Waals surface area contributed by atoms with Gasteiger partial charge in [-0.05, 0) is 37.1 Å². The topological polar surface area (TPSA) is 78.5 Å². The highest BCUT2D eigenvalue weighted by atomic mass is 35.5. The molecular weight excluding hydrogens is 350 g/mol. The first-order valence-electron chi connectivity index (χ1n) is 7.86. The van der Waals surface area contributed by atoms with Crippen molar-refractivity contribution in [2.45, 2.75) is 37.8 Å². The number of carbonyl (C=O) groups is 3. The van der Waals surface area contributed by atoms with Gasteiger partial charge in [-0.25, -0.2) is 4.79 Å². The van der Waals surface area contributed by atoms with Gasteiger partial charge in [0.25, 0.3) is 5.24 Å². The Labute approximate surface area is 149 Å². The molecule has 1 saturated carbocycles. The lowest BCUT2D eigenvalue weighted by Gasteiger charge is -2.36. The Kier molecular flexibility index (Phi) is 5.30. The Morgan fingerprint density at radius 2 is 1.88 bits per heavy atom. The fraction of sp³-hybridized carbons (Fsp3) is 0.438. The van der Waals surface area contributed by atoms with Crippen molar-refractivity contribution in [3.63, 3.8) is 0 Å². The van der Waals surface area contributed by atoms with E-state index in [0.717, 1.165) is 37.4 Å². The van der Waals surface area contributed by atoms with Crippen molar-refractivity contribution in [3.8, 4) is 0 Å². The summed E-state index contributed by atoms with van der Waals surface area (Å²) in [5, 5.41) is 6.04. The number of halogens is 1. The number of imide groups is 1. The number of nitrogens with zero attached hydrogens (tertiary/aromatic N) is 1. The minimum Gasteiger partial charge on any atom is -0.333 e. The fourth-order valence-electron chi connectivity index (χ4n) is 3.14. The van der Waals surface area contributed by atoms with Crippen LogP contribution in [-0.2, 0) is 4.79 Å². The second-order valence-electron chi connectivity index (χ2n) is 5.88. The molecule has 8 heteroatoms. The Bertz CT molecular complexity index is 636. The van der Waals surface area contributed by atoms with Crippen LogP contribution in [0, 0.1) is 0 Å². The molecule has 1 aromatic rings. The monoisotopic (exact) mass is 367 g/mol. The van der Waals surface area contributed by atoms with Crippen LogP contribution in [0.25, 0.3) is 0 Å². The van der Waals surface area contributed by atoms with Gasteiger partial charge in [-0.15, -0.1) is 0 Å². The number of amides is 4. The average Bonchev–Trinajstić information content (AvgIpc) is 2.89. The molecule has 0 aromatic heterocycles. The Hall–Kier alpha value is -1.73. The summed E-state index contributed by atoms with van der Waals surface area (Å²) in [6.45, 7) is 0. The van der Waals surface area contributed by atoms with Gasteiger partial charge < -0.3 is 10.6 Å². The molecule has 1 aliphatic heterocycles. The van der Waals surface area contributed by atoms with Crippen LogP contribution in [0.5, 0.6) is 0 Å². The van der Waals surface area contributed by atoms with Gasteiger partial charge in [0.15, 0.2) is 0 Å². The molecule has 2 aliphatic rings. The average molecular weight is 368 g/mol. The lowest BCUT2D eigenvalue weighted by Crippen LogP contribution is -2.55. The zero-order valence-electron chi connectivity index (χ0n) is 13.0. The maximum atomic E-state index is 12.2. The van der Waals surface area contributed by atoms with Crippen LogP contribution in [0.1, 0.15) is 25.7 Å². The van der Waals surface area contributed by atoms with Crippen molar-refractivity contribution in [2.24, 2.45) is 0 Å². The number of nitrogens with one attached hydrogen (secondary N) is 2. The maximum absolute atomic E-state index is 12.2. The van der Waals surface area contributed by atoms with Crippen molar-refractivity contribution in [1.29, 1.82) is 0 Å². The summed E-state index contributed by atoms with van der Waals surface area (Å²) in [5.74, 6) is 0.0285. The van der Waals surface area contributed by atoms with Gasteiger partial charge in [0.1, 0.15) is 0 Å². The minimum absolute atomic E-state index is 0.165. The number of urea groups is 1. The van der Waals surface area contributed by atoms with Crippen molar-refractivity contribution < 1.29 is 14.4 Å². The van der Waals surface area contributed by atoms with Crippen LogP contribution in [0.15, 0.2) is 24.3 Å². The largest absolute Gasteiger partial charge is 0.333 e. The van der Waals surface area contributed by atoms with E-state index in [-0.39, 0.29) is 35.0 Å². The van der Waals surface area contributed by atoms with Gasteiger partial charge in [-0.2, -0.15) is 0 Å². The summed E-state index contributed by atoms with van der Waals surface area (Å²) in [7, 11) is 0. The Morgan fingerprint density at radius 1 is 1.17 bits per heavy atom. The van der Waals surface area contributed by atoms with E-state index in [4.69, 9.17) is 11.6 Å². The zero-order valence-corrected chi connectivity index (χ0v) is 14.5. The minimum atomic E-state index is -0.346. The Balaban J connectivity index is 1.65. The molecule has 2 N–H and O–H groups in total. The molecule has 0 bridgehead atoms. The lowest BCUT2D eigenvalue weighted by molar-refractivity contribution is -0.127. The molecule has 24 heavy (non-hydrogen) atoms. The van der Waals surface area contributed by atoms with E-state index in [1.165, 1.54) is 4.90 Å². The summed E-state index contributed by atoms with van der Waals surface area (Å²) < 4.78 is 0. The first-order valence-corrected chi connectivity index (χ1v) is 9.23. The first-order chi connectivity index (χ1) is 11.5. The third-order valence-electron chi connectivity index (χ3n) is 4.26. The molecule has 0 spiro atoms. The molecule has 1 aliphatic carbocycles. The fourth-order valence-corrected chi connectivity index (χ4v) is 4.03. The number of carbonyl (C=O) groups excluding carboxylic acids is 3. The number of anilines is 1. The van der Waals surface area contributed by atoms with Gasteiger partial charge in [0.05, 0.1) is 17.8 Å². The van der Waals surface area contributed by atoms with Gasteiger partial charge in [0, 0.05) is 10.7 Å². The molecule has 1 saturated heterocycles. The van der Waals surface area contributed by atoms with Crippen LogP contribution >= 0.6 is 23.4 Å². The predicted octanol–water partition coefficient (Wildman–Crippen LogP) is 3.47. The summed E-state index contributed by atoms with van der Waals surface area (Å²) >= 11 is 6.85. The maximum Gasteiger partial charge on any atom is 0.319 e. The summed E-state index contributed by atoms with van der Waals surface area (Å²) in [6, 6.07) is 5.98. The molecule has 1 aromatic carbocycles. The highest BCUT2D eigenvalue weighted by Crippen LogP contribution is 2.30. The highest BCUT2D eigenvalue weighted by molar-refractivity contribution is 8.14. The summed E-state index contributed by atoms with van der Waals surface area (Å²) in [5.41, 5.74) is 0.633. The third-order valence-corrected chi connectivity index (χ3v) is 5.35. The van der Waals surface area contributed by atoms with Crippen molar-refractivity contribution >= 4 is 46.2 Å². The standard InChI is InChI=1S/C16H18ClN3O3S/c17-10-5-7-11(8-6-10)18-15(22)19-12-3-1-2-4-13(12)20-14(21)9-24-16(20)23/h5-8,12-13H,1-4,9H2,(H2,18,19,22). The van der Waals surface area contributed by atoms with Crippen LogP contribution < -0.4 is 10.6 Å². The molecule has 3 rings (SSSR count). The van der Waals surface area contributed by atoms with E-state index in [1.54, 1.807) is 24.3 Å². The van der Waals surface area contributed by atoms with Crippen LogP contribution in [0.2, 0.25) is 5.02 Å². The molecule has 0 radical (unpaired) electrons. The van der Waals surface area contributed by atoms with E-state index in [1.807, 2.05) is 0 Å². The van der Waals surface area contributed by atoms with E-state index in [9.17, 15) is 14.4 Å². The number of hydrogen-bond acceptors (Lipinski definition) is 4. The molecule has 2 fully saturated rings. The molecular formula is C16H18ClN3O3S. The van der Waals surface area contributed by atoms with Crippen molar-refractivity contribution in [2.75, 3.05) is 11.1 Å². The number of benzene rings is 1. The number of thioether (sulfide) groups is 1. The van der Waals surface area contributed by atoms with Gasteiger partial charge in [-0.3, -0.25) is 14.5 Å². The lowest BCUT2D eigenvalue weighted by atomic mass is 9.89. The van der Waals surface area contributed by atoms with E-state index < -0.39 is 0 Å². The third kappa shape index (κ3) is 3.84. The van der Waals surface area contributed by atoms with Crippen molar-refractivity contribution in [1.82, 2.24) is 10.2 Å². The van der Waals surface area contributed by atoms with Crippen LogP contribution in [0.3, 0.4) is 0 Å². The zero-order chi connectivity index (χ0) is 17.1. The summed E-state index contributed by atoms with van der Waals surface area (Å²) in [6.07, 6.45) is 3.39. The molecule has 2 unspecified atom stereocenters.